The van der Waals surface area contributed by atoms with Gasteiger partial charge in [0.15, 0.2) is 0 Å². The molecule has 0 aliphatic carbocycles. The van der Waals surface area contributed by atoms with Crippen molar-refractivity contribution in [3.63, 3.8) is 0 Å². The maximum atomic E-state index is 12.6. The molecule has 1 saturated heterocycles. The molecule has 1 amide bonds. The van der Waals surface area contributed by atoms with E-state index in [2.05, 4.69) is 48.0 Å². The molecular weight excluding hydrogens is 306 g/mol. The highest BCUT2D eigenvalue weighted by molar-refractivity contribution is 7.98. The lowest BCUT2D eigenvalue weighted by molar-refractivity contribution is -0.131. The largest absolute Gasteiger partial charge is 0.316 e. The summed E-state index contributed by atoms with van der Waals surface area (Å²) in [6.07, 6.45) is 1.60. The van der Waals surface area contributed by atoms with Gasteiger partial charge in [-0.2, -0.15) is 0 Å². The number of hydrogen-bond donors (Lipinski definition) is 2. The van der Waals surface area contributed by atoms with Gasteiger partial charge in [-0.15, -0.1) is 11.8 Å². The van der Waals surface area contributed by atoms with E-state index in [0.717, 1.165) is 16.7 Å². The summed E-state index contributed by atoms with van der Waals surface area (Å²) >= 11 is 1.72. The normalized spacial score (nSPS) is 24.3. The molecule has 5 heteroatoms. The third-order valence-corrected chi connectivity index (χ3v) is 5.17. The van der Waals surface area contributed by atoms with Gasteiger partial charge >= 0.3 is 0 Å². The predicted molar refractivity (Wildman–Crippen MR) is 94.9 cm³/mol. The zero-order valence-electron chi connectivity index (χ0n) is 13.5. The summed E-state index contributed by atoms with van der Waals surface area (Å²) in [6, 6.07) is 16.5. The molecule has 0 radical (unpaired) electrons. The summed E-state index contributed by atoms with van der Waals surface area (Å²) in [4.78, 5) is 15.3. The van der Waals surface area contributed by atoms with E-state index in [-0.39, 0.29) is 5.91 Å². The lowest BCUT2D eigenvalue weighted by Crippen LogP contribution is -2.45. The maximum absolute atomic E-state index is 12.6. The molecule has 120 valence electrons. The molecule has 1 aliphatic rings. The van der Waals surface area contributed by atoms with Crippen molar-refractivity contribution in [2.45, 2.75) is 23.6 Å². The minimum Gasteiger partial charge on any atom is -0.316 e. The number of nitrogens with zero attached hydrogens (tertiary/aromatic N) is 1. The van der Waals surface area contributed by atoms with Crippen molar-refractivity contribution in [1.82, 2.24) is 10.2 Å². The lowest BCUT2D eigenvalue weighted by Gasteiger charge is -2.23. The van der Waals surface area contributed by atoms with E-state index in [4.69, 9.17) is 5.73 Å². The Bertz CT molecular complexity index is 749. The fraction of sp³-hybridized carbons (Fsp3) is 0.278. The highest BCUT2D eigenvalue weighted by Gasteiger charge is 2.46. The first-order chi connectivity index (χ1) is 11.0. The Balaban J connectivity index is 2.02. The Morgan fingerprint density at radius 2 is 1.83 bits per heavy atom. The second-order valence-corrected chi connectivity index (χ2v) is 6.82. The SMILES string of the molecule is CSc1cccc(-c2cccc(C3(C)NC(N)N(C)C3=O)c2)c1. The van der Waals surface area contributed by atoms with Gasteiger partial charge in [0, 0.05) is 11.9 Å². The average Bonchev–Trinajstić information content (AvgIpc) is 2.79. The number of benzene rings is 2. The second kappa shape index (κ2) is 6.00. The highest BCUT2D eigenvalue weighted by Crippen LogP contribution is 2.32. The first-order valence-corrected chi connectivity index (χ1v) is 8.74. The molecule has 2 atom stereocenters. The van der Waals surface area contributed by atoms with Crippen LogP contribution in [0.15, 0.2) is 53.4 Å². The number of rotatable bonds is 3. The zero-order chi connectivity index (χ0) is 16.6. The molecule has 0 spiro atoms. The average molecular weight is 327 g/mol. The van der Waals surface area contributed by atoms with Crippen molar-refractivity contribution >= 4 is 17.7 Å². The van der Waals surface area contributed by atoms with Gasteiger partial charge in [0.2, 0.25) is 5.91 Å². The molecule has 1 heterocycles. The van der Waals surface area contributed by atoms with Gasteiger partial charge in [-0.1, -0.05) is 30.3 Å². The fourth-order valence-electron chi connectivity index (χ4n) is 2.95. The van der Waals surface area contributed by atoms with Gasteiger partial charge in [0.25, 0.3) is 0 Å². The quantitative estimate of drug-likeness (QED) is 0.851. The zero-order valence-corrected chi connectivity index (χ0v) is 14.4. The summed E-state index contributed by atoms with van der Waals surface area (Å²) in [7, 11) is 1.72. The van der Waals surface area contributed by atoms with Gasteiger partial charge in [-0.3, -0.25) is 15.8 Å². The number of nitrogens with one attached hydrogen (secondary N) is 1. The lowest BCUT2D eigenvalue weighted by atomic mass is 9.89. The number of carbonyl (C=O) groups excluding carboxylic acids is 1. The van der Waals surface area contributed by atoms with Crippen LogP contribution in [0, 0.1) is 0 Å². The Morgan fingerprint density at radius 3 is 2.43 bits per heavy atom. The molecule has 0 saturated carbocycles. The van der Waals surface area contributed by atoms with Crippen molar-refractivity contribution in [2.24, 2.45) is 5.73 Å². The van der Waals surface area contributed by atoms with E-state index in [0.29, 0.717) is 0 Å². The number of likely N-dealkylation sites (N-methyl/N-ethyl adjacent to an activating group) is 1. The molecule has 2 unspecified atom stereocenters. The van der Waals surface area contributed by atoms with E-state index >= 15 is 0 Å². The predicted octanol–water partition coefficient (Wildman–Crippen LogP) is 2.59. The summed E-state index contributed by atoms with van der Waals surface area (Å²) in [6.45, 7) is 1.89. The van der Waals surface area contributed by atoms with Crippen LogP contribution in [0.4, 0.5) is 0 Å². The van der Waals surface area contributed by atoms with Crippen LogP contribution in [-0.4, -0.2) is 30.4 Å². The van der Waals surface area contributed by atoms with Crippen LogP contribution >= 0.6 is 11.8 Å². The van der Waals surface area contributed by atoms with Crippen LogP contribution in [-0.2, 0) is 10.3 Å². The minimum absolute atomic E-state index is 0.0139. The molecular formula is C18H21N3OS. The monoisotopic (exact) mass is 327 g/mol. The van der Waals surface area contributed by atoms with Gasteiger partial charge in [-0.25, -0.2) is 0 Å². The summed E-state index contributed by atoms with van der Waals surface area (Å²) < 4.78 is 0. The number of thioether (sulfide) groups is 1. The van der Waals surface area contributed by atoms with Crippen molar-refractivity contribution in [1.29, 1.82) is 0 Å². The van der Waals surface area contributed by atoms with Crippen molar-refractivity contribution in [2.75, 3.05) is 13.3 Å². The molecule has 1 fully saturated rings. The Hall–Kier alpha value is -1.82. The van der Waals surface area contributed by atoms with Crippen molar-refractivity contribution < 1.29 is 4.79 Å². The van der Waals surface area contributed by atoms with Crippen LogP contribution in [0.2, 0.25) is 0 Å². The fourth-order valence-corrected chi connectivity index (χ4v) is 3.41. The summed E-state index contributed by atoms with van der Waals surface area (Å²) in [5, 5.41) is 3.20. The molecule has 2 aromatic carbocycles. The molecule has 0 aromatic heterocycles. The van der Waals surface area contributed by atoms with Gasteiger partial charge < -0.3 is 4.90 Å². The first-order valence-electron chi connectivity index (χ1n) is 7.51. The molecule has 4 nitrogen and oxygen atoms in total. The Labute approximate surface area is 141 Å². The van der Waals surface area contributed by atoms with Crippen molar-refractivity contribution in [3.05, 3.63) is 54.1 Å². The standard InChI is InChI=1S/C18H21N3OS/c1-18(16(22)21(2)17(19)20-18)14-8-4-6-12(10-14)13-7-5-9-15(11-13)23-3/h4-11,17,20H,19H2,1-3H3. The molecule has 3 rings (SSSR count). The van der Waals surface area contributed by atoms with E-state index in [1.807, 2.05) is 19.1 Å². The van der Waals surface area contributed by atoms with E-state index in [9.17, 15) is 4.79 Å². The molecule has 3 N–H and O–H groups in total. The molecule has 1 aliphatic heterocycles. The third kappa shape index (κ3) is 2.76. The smallest absolute Gasteiger partial charge is 0.249 e. The topological polar surface area (TPSA) is 58.4 Å². The van der Waals surface area contributed by atoms with Gasteiger partial charge in [-0.05, 0) is 48.1 Å². The third-order valence-electron chi connectivity index (χ3n) is 4.44. The van der Waals surface area contributed by atoms with E-state index < -0.39 is 11.8 Å². The van der Waals surface area contributed by atoms with E-state index in [1.165, 1.54) is 4.90 Å². The van der Waals surface area contributed by atoms with Crippen LogP contribution < -0.4 is 11.1 Å². The number of hydrogen-bond acceptors (Lipinski definition) is 4. The molecule has 23 heavy (non-hydrogen) atoms. The van der Waals surface area contributed by atoms with Crippen molar-refractivity contribution in [3.8, 4) is 11.1 Å². The Morgan fingerprint density at radius 1 is 1.17 bits per heavy atom. The molecule has 2 aromatic rings. The van der Waals surface area contributed by atoms with E-state index in [1.54, 1.807) is 23.7 Å². The minimum atomic E-state index is -0.790. The Kier molecular flexibility index (Phi) is 4.19. The summed E-state index contributed by atoms with van der Waals surface area (Å²) in [5.74, 6) is -0.0139. The highest BCUT2D eigenvalue weighted by atomic mass is 32.2. The number of amides is 1. The maximum Gasteiger partial charge on any atom is 0.249 e. The first kappa shape index (κ1) is 16.1. The van der Waals surface area contributed by atoms with Crippen LogP contribution in [0.1, 0.15) is 12.5 Å². The van der Waals surface area contributed by atoms with Crippen LogP contribution in [0.25, 0.3) is 11.1 Å². The number of nitrogens with two attached hydrogens (primary N) is 1. The summed E-state index contributed by atoms with van der Waals surface area (Å²) in [5.41, 5.74) is 8.33. The second-order valence-electron chi connectivity index (χ2n) is 5.94. The van der Waals surface area contributed by atoms with Gasteiger partial charge in [0.05, 0.1) is 0 Å². The van der Waals surface area contributed by atoms with Crippen LogP contribution in [0.5, 0.6) is 0 Å². The number of carbonyl (C=O) groups is 1. The molecule has 0 bridgehead atoms. The van der Waals surface area contributed by atoms with Crippen LogP contribution in [0.3, 0.4) is 0 Å². The van der Waals surface area contributed by atoms with Gasteiger partial charge in [0.1, 0.15) is 11.8 Å².